The monoisotopic (exact) mass is 402 g/mol. The van der Waals surface area contributed by atoms with Gasteiger partial charge in [-0.2, -0.15) is 0 Å². The first kappa shape index (κ1) is 19.0. The summed E-state index contributed by atoms with van der Waals surface area (Å²) in [7, 11) is 0. The van der Waals surface area contributed by atoms with Crippen molar-refractivity contribution in [2.45, 2.75) is 30.0 Å². The first-order chi connectivity index (χ1) is 12.6. The van der Waals surface area contributed by atoms with E-state index in [4.69, 9.17) is 11.6 Å². The fourth-order valence-corrected chi connectivity index (χ4v) is 4.22. The first-order valence-corrected chi connectivity index (χ1v) is 10.5. The summed E-state index contributed by atoms with van der Waals surface area (Å²) in [6, 6.07) is 16.0. The molecule has 1 N–H and O–H groups in total. The minimum absolute atomic E-state index is 0.00914. The second-order valence-electron chi connectivity index (χ2n) is 5.96. The molecular formula is C20H19ClN2OS2. The Morgan fingerprint density at radius 2 is 1.81 bits per heavy atom. The second kappa shape index (κ2) is 9.21. The number of aryl methyl sites for hydroxylation is 1. The third-order valence-electron chi connectivity index (χ3n) is 3.76. The summed E-state index contributed by atoms with van der Waals surface area (Å²) in [4.78, 5) is 16.7. The van der Waals surface area contributed by atoms with Gasteiger partial charge in [-0.1, -0.05) is 65.3 Å². The molecule has 0 bridgehead atoms. The first-order valence-electron chi connectivity index (χ1n) is 8.22. The van der Waals surface area contributed by atoms with E-state index in [2.05, 4.69) is 10.3 Å². The average molecular weight is 403 g/mol. The molecule has 0 saturated heterocycles. The number of halogens is 1. The Kier molecular flexibility index (Phi) is 6.72. The maximum atomic E-state index is 12.1. The van der Waals surface area contributed by atoms with Crippen LogP contribution in [0.2, 0.25) is 5.02 Å². The van der Waals surface area contributed by atoms with Gasteiger partial charge in [0, 0.05) is 22.7 Å². The van der Waals surface area contributed by atoms with Gasteiger partial charge in [0.2, 0.25) is 5.91 Å². The molecule has 0 fully saturated rings. The highest BCUT2D eigenvalue weighted by Gasteiger charge is 2.08. The SMILES string of the molecule is Cc1ccc(CNC(=O)Cc2csc(SCc3ccc(Cl)cc3)n2)cc1. The molecule has 1 amide bonds. The quantitative estimate of drug-likeness (QED) is 0.548. The molecule has 6 heteroatoms. The van der Waals surface area contributed by atoms with Crippen molar-refractivity contribution < 1.29 is 4.79 Å². The number of hydrogen-bond donors (Lipinski definition) is 1. The topological polar surface area (TPSA) is 42.0 Å². The van der Waals surface area contributed by atoms with Crippen LogP contribution in [0.15, 0.2) is 58.3 Å². The Hall–Kier alpha value is -1.82. The number of nitrogens with zero attached hydrogens (tertiary/aromatic N) is 1. The lowest BCUT2D eigenvalue weighted by atomic mass is 10.1. The number of benzene rings is 2. The smallest absolute Gasteiger partial charge is 0.226 e. The van der Waals surface area contributed by atoms with Crippen LogP contribution in [0.5, 0.6) is 0 Å². The zero-order chi connectivity index (χ0) is 18.4. The number of amides is 1. The van der Waals surface area contributed by atoms with Gasteiger partial charge in [-0.15, -0.1) is 11.3 Å². The number of nitrogens with one attached hydrogen (secondary N) is 1. The Labute approximate surface area is 166 Å². The molecule has 134 valence electrons. The van der Waals surface area contributed by atoms with Crippen LogP contribution < -0.4 is 5.32 Å². The Bertz CT molecular complexity index is 860. The molecule has 0 radical (unpaired) electrons. The maximum Gasteiger partial charge on any atom is 0.226 e. The van der Waals surface area contributed by atoms with Crippen molar-refractivity contribution in [3.63, 3.8) is 0 Å². The van der Waals surface area contributed by atoms with Crippen molar-refractivity contribution in [1.82, 2.24) is 10.3 Å². The van der Waals surface area contributed by atoms with Gasteiger partial charge in [0.15, 0.2) is 0 Å². The minimum Gasteiger partial charge on any atom is -0.352 e. The summed E-state index contributed by atoms with van der Waals surface area (Å²) < 4.78 is 0.973. The zero-order valence-electron chi connectivity index (χ0n) is 14.4. The predicted octanol–water partition coefficient (Wildman–Crippen LogP) is 5.26. The normalized spacial score (nSPS) is 10.7. The minimum atomic E-state index is -0.00914. The Balaban J connectivity index is 1.45. The van der Waals surface area contributed by atoms with E-state index in [-0.39, 0.29) is 5.91 Å². The highest BCUT2D eigenvalue weighted by molar-refractivity contribution is 8.00. The lowest BCUT2D eigenvalue weighted by Crippen LogP contribution is -2.24. The van der Waals surface area contributed by atoms with E-state index in [1.807, 2.05) is 60.8 Å². The van der Waals surface area contributed by atoms with Crippen molar-refractivity contribution in [3.05, 3.63) is 81.3 Å². The number of hydrogen-bond acceptors (Lipinski definition) is 4. The van der Waals surface area contributed by atoms with E-state index in [9.17, 15) is 4.79 Å². The molecule has 0 aliphatic heterocycles. The van der Waals surface area contributed by atoms with Crippen LogP contribution in [-0.4, -0.2) is 10.9 Å². The summed E-state index contributed by atoms with van der Waals surface area (Å²) >= 11 is 9.14. The van der Waals surface area contributed by atoms with Crippen LogP contribution in [0.25, 0.3) is 0 Å². The van der Waals surface area contributed by atoms with E-state index in [0.717, 1.165) is 26.4 Å². The maximum absolute atomic E-state index is 12.1. The molecule has 2 aromatic carbocycles. The summed E-state index contributed by atoms with van der Waals surface area (Å²) in [5, 5.41) is 5.64. The fraction of sp³-hybridized carbons (Fsp3) is 0.200. The zero-order valence-corrected chi connectivity index (χ0v) is 16.8. The molecular weight excluding hydrogens is 384 g/mol. The fourth-order valence-electron chi connectivity index (χ4n) is 2.30. The molecule has 0 saturated carbocycles. The number of thioether (sulfide) groups is 1. The van der Waals surface area contributed by atoms with E-state index in [1.165, 1.54) is 11.1 Å². The number of aromatic nitrogens is 1. The van der Waals surface area contributed by atoms with Gasteiger partial charge >= 0.3 is 0 Å². The van der Waals surface area contributed by atoms with Crippen molar-refractivity contribution in [3.8, 4) is 0 Å². The molecule has 0 unspecified atom stereocenters. The third-order valence-corrected chi connectivity index (χ3v) is 6.15. The van der Waals surface area contributed by atoms with Gasteiger partial charge in [-0.25, -0.2) is 4.98 Å². The van der Waals surface area contributed by atoms with Crippen molar-refractivity contribution in [2.24, 2.45) is 0 Å². The predicted molar refractivity (Wildman–Crippen MR) is 110 cm³/mol. The van der Waals surface area contributed by atoms with Gasteiger partial charge < -0.3 is 5.32 Å². The van der Waals surface area contributed by atoms with Crippen LogP contribution in [0.3, 0.4) is 0 Å². The standard InChI is InChI=1S/C20H19ClN2OS2/c1-14-2-4-15(5-3-14)11-22-19(24)10-18-13-26-20(23-18)25-12-16-6-8-17(21)9-7-16/h2-9,13H,10-12H2,1H3,(H,22,24). The molecule has 3 rings (SSSR count). The van der Waals surface area contributed by atoms with Crippen LogP contribution >= 0.6 is 34.7 Å². The third kappa shape index (κ3) is 5.87. The summed E-state index contributed by atoms with van der Waals surface area (Å²) in [5.41, 5.74) is 4.33. The van der Waals surface area contributed by atoms with Crippen LogP contribution in [0.4, 0.5) is 0 Å². The van der Waals surface area contributed by atoms with Crippen LogP contribution in [0.1, 0.15) is 22.4 Å². The number of carbonyl (C=O) groups is 1. The van der Waals surface area contributed by atoms with Gasteiger partial charge in [-0.3, -0.25) is 4.79 Å². The van der Waals surface area contributed by atoms with E-state index < -0.39 is 0 Å². The molecule has 3 nitrogen and oxygen atoms in total. The van der Waals surface area contributed by atoms with Crippen molar-refractivity contribution >= 4 is 40.6 Å². The van der Waals surface area contributed by atoms with Crippen LogP contribution in [-0.2, 0) is 23.5 Å². The molecule has 0 aliphatic rings. The van der Waals surface area contributed by atoms with Crippen LogP contribution in [0, 0.1) is 6.92 Å². The lowest BCUT2D eigenvalue weighted by Gasteiger charge is -2.04. The molecule has 0 aliphatic carbocycles. The number of thiazole rings is 1. The van der Waals surface area contributed by atoms with Gasteiger partial charge in [0.25, 0.3) is 0 Å². The summed E-state index contributed by atoms with van der Waals surface area (Å²) in [5.74, 6) is 0.828. The summed E-state index contributed by atoms with van der Waals surface area (Å²) in [6.07, 6.45) is 0.309. The highest BCUT2D eigenvalue weighted by Crippen LogP contribution is 2.26. The summed E-state index contributed by atoms with van der Waals surface area (Å²) in [6.45, 7) is 2.59. The van der Waals surface area contributed by atoms with Crippen molar-refractivity contribution in [1.29, 1.82) is 0 Å². The lowest BCUT2D eigenvalue weighted by molar-refractivity contribution is -0.120. The van der Waals surface area contributed by atoms with Gasteiger partial charge in [-0.05, 0) is 30.2 Å². The number of rotatable bonds is 7. The van der Waals surface area contributed by atoms with E-state index >= 15 is 0 Å². The molecule has 0 atom stereocenters. The van der Waals surface area contributed by atoms with E-state index in [1.54, 1.807) is 23.1 Å². The Morgan fingerprint density at radius 3 is 2.54 bits per heavy atom. The molecule has 1 heterocycles. The molecule has 3 aromatic rings. The van der Waals surface area contributed by atoms with Crippen molar-refractivity contribution in [2.75, 3.05) is 0 Å². The highest BCUT2D eigenvalue weighted by atomic mass is 35.5. The molecule has 0 spiro atoms. The Morgan fingerprint density at radius 1 is 1.12 bits per heavy atom. The molecule has 1 aromatic heterocycles. The van der Waals surface area contributed by atoms with E-state index in [0.29, 0.717) is 13.0 Å². The van der Waals surface area contributed by atoms with Gasteiger partial charge in [0.05, 0.1) is 12.1 Å². The number of carbonyl (C=O) groups excluding carboxylic acids is 1. The average Bonchev–Trinajstić information content (AvgIpc) is 3.08. The van der Waals surface area contributed by atoms with Gasteiger partial charge in [0.1, 0.15) is 4.34 Å². The molecule has 26 heavy (non-hydrogen) atoms. The largest absolute Gasteiger partial charge is 0.352 e. The second-order valence-corrected chi connectivity index (χ2v) is 8.48.